The monoisotopic (exact) mass is 455 g/mol. The first-order valence-corrected chi connectivity index (χ1v) is 10.5. The standard InChI is InChI=1S/C20H30IN3O/c1-15-14-23(20-8-10-22(11-9-20)17(3)25)12-13-24(15)16(2)18-4-6-19(21)7-5-18/h4-7,15-16,20H,8-14H2,1-3H3. The largest absolute Gasteiger partial charge is 0.343 e. The zero-order chi connectivity index (χ0) is 18.0. The van der Waals surface area contributed by atoms with Gasteiger partial charge in [-0.1, -0.05) is 12.1 Å². The smallest absolute Gasteiger partial charge is 0.219 e. The molecule has 25 heavy (non-hydrogen) atoms. The van der Waals surface area contributed by atoms with Gasteiger partial charge < -0.3 is 4.90 Å². The lowest BCUT2D eigenvalue weighted by Gasteiger charge is -2.47. The fourth-order valence-electron chi connectivity index (χ4n) is 4.39. The van der Waals surface area contributed by atoms with Crippen LogP contribution in [0, 0.1) is 3.57 Å². The highest BCUT2D eigenvalue weighted by atomic mass is 127. The minimum Gasteiger partial charge on any atom is -0.343 e. The number of piperazine rings is 1. The fraction of sp³-hybridized carbons (Fsp3) is 0.650. The third kappa shape index (κ3) is 4.55. The fourth-order valence-corrected chi connectivity index (χ4v) is 4.75. The highest BCUT2D eigenvalue weighted by Crippen LogP contribution is 2.27. The Labute approximate surface area is 165 Å². The summed E-state index contributed by atoms with van der Waals surface area (Å²) >= 11 is 2.37. The van der Waals surface area contributed by atoms with Crippen LogP contribution in [-0.4, -0.2) is 65.4 Å². The van der Waals surface area contributed by atoms with E-state index in [0.717, 1.165) is 45.6 Å². The van der Waals surface area contributed by atoms with E-state index in [4.69, 9.17) is 0 Å². The van der Waals surface area contributed by atoms with Crippen molar-refractivity contribution >= 4 is 28.5 Å². The number of amides is 1. The summed E-state index contributed by atoms with van der Waals surface area (Å²) in [6.07, 6.45) is 2.25. The summed E-state index contributed by atoms with van der Waals surface area (Å²) in [5, 5.41) is 0. The number of carbonyl (C=O) groups excluding carboxylic acids is 1. The minimum atomic E-state index is 0.225. The van der Waals surface area contributed by atoms with Gasteiger partial charge >= 0.3 is 0 Å². The molecule has 138 valence electrons. The molecule has 1 aromatic rings. The molecule has 2 atom stereocenters. The first-order valence-electron chi connectivity index (χ1n) is 9.46. The number of hydrogen-bond donors (Lipinski definition) is 0. The Balaban J connectivity index is 1.55. The Morgan fingerprint density at radius 1 is 1.12 bits per heavy atom. The lowest BCUT2D eigenvalue weighted by Crippen LogP contribution is -2.57. The lowest BCUT2D eigenvalue weighted by molar-refractivity contribution is -0.130. The summed E-state index contributed by atoms with van der Waals surface area (Å²) in [6.45, 7) is 11.6. The molecule has 1 aromatic carbocycles. The Hall–Kier alpha value is -0.660. The van der Waals surface area contributed by atoms with Crippen LogP contribution in [0.4, 0.5) is 0 Å². The number of rotatable bonds is 3. The maximum Gasteiger partial charge on any atom is 0.219 e. The van der Waals surface area contributed by atoms with Gasteiger partial charge in [-0.25, -0.2) is 0 Å². The first kappa shape index (κ1) is 19.1. The average Bonchev–Trinajstić information content (AvgIpc) is 2.62. The predicted molar refractivity (Wildman–Crippen MR) is 111 cm³/mol. The Morgan fingerprint density at radius 2 is 1.76 bits per heavy atom. The molecule has 2 unspecified atom stereocenters. The normalized spacial score (nSPS) is 25.1. The maximum absolute atomic E-state index is 11.5. The van der Waals surface area contributed by atoms with Gasteiger partial charge in [0.1, 0.15) is 0 Å². The quantitative estimate of drug-likeness (QED) is 0.655. The Kier molecular flexibility index (Phi) is 6.39. The average molecular weight is 455 g/mol. The van der Waals surface area contributed by atoms with E-state index < -0.39 is 0 Å². The van der Waals surface area contributed by atoms with Crippen molar-refractivity contribution < 1.29 is 4.79 Å². The highest BCUT2D eigenvalue weighted by molar-refractivity contribution is 14.1. The SMILES string of the molecule is CC(=O)N1CCC(N2CCN(C(C)c3ccc(I)cc3)C(C)C2)CC1. The molecule has 2 aliphatic heterocycles. The summed E-state index contributed by atoms with van der Waals surface area (Å²) < 4.78 is 1.29. The zero-order valence-electron chi connectivity index (χ0n) is 15.6. The molecule has 0 aromatic heterocycles. The van der Waals surface area contributed by atoms with Gasteiger partial charge in [0.25, 0.3) is 0 Å². The van der Waals surface area contributed by atoms with Crippen LogP contribution in [0.5, 0.6) is 0 Å². The molecule has 2 aliphatic rings. The van der Waals surface area contributed by atoms with E-state index in [0.29, 0.717) is 18.1 Å². The Morgan fingerprint density at radius 3 is 2.32 bits per heavy atom. The number of hydrogen-bond acceptors (Lipinski definition) is 3. The molecule has 2 saturated heterocycles. The summed E-state index contributed by atoms with van der Waals surface area (Å²) in [7, 11) is 0. The second-order valence-electron chi connectivity index (χ2n) is 7.55. The van der Waals surface area contributed by atoms with Crippen LogP contribution in [-0.2, 0) is 4.79 Å². The van der Waals surface area contributed by atoms with Crippen LogP contribution in [0.25, 0.3) is 0 Å². The van der Waals surface area contributed by atoms with Gasteiger partial charge in [0, 0.05) is 61.3 Å². The van der Waals surface area contributed by atoms with Crippen molar-refractivity contribution in [3.05, 3.63) is 33.4 Å². The van der Waals surface area contributed by atoms with Crippen molar-refractivity contribution in [2.75, 3.05) is 32.7 Å². The van der Waals surface area contributed by atoms with Crippen LogP contribution in [0.2, 0.25) is 0 Å². The molecular weight excluding hydrogens is 425 g/mol. The summed E-state index contributed by atoms with van der Waals surface area (Å²) in [5.41, 5.74) is 1.41. The van der Waals surface area contributed by atoms with E-state index >= 15 is 0 Å². The van der Waals surface area contributed by atoms with Gasteiger partial charge in [-0.3, -0.25) is 14.6 Å². The van der Waals surface area contributed by atoms with Crippen LogP contribution >= 0.6 is 22.6 Å². The molecule has 0 spiro atoms. The Bertz CT molecular complexity index is 583. The molecule has 0 aliphatic carbocycles. The summed E-state index contributed by atoms with van der Waals surface area (Å²) in [6, 6.07) is 10.6. The van der Waals surface area contributed by atoms with E-state index in [1.165, 1.54) is 9.13 Å². The van der Waals surface area contributed by atoms with Crippen LogP contribution in [0.15, 0.2) is 24.3 Å². The van der Waals surface area contributed by atoms with E-state index in [2.05, 4.69) is 70.5 Å². The lowest BCUT2D eigenvalue weighted by atomic mass is 9.99. The van der Waals surface area contributed by atoms with Crippen molar-refractivity contribution in [1.29, 1.82) is 0 Å². The molecule has 5 heteroatoms. The number of nitrogens with zero attached hydrogens (tertiary/aromatic N) is 3. The highest BCUT2D eigenvalue weighted by Gasteiger charge is 2.33. The van der Waals surface area contributed by atoms with Crippen molar-refractivity contribution in [3.63, 3.8) is 0 Å². The van der Waals surface area contributed by atoms with Gasteiger partial charge in [-0.2, -0.15) is 0 Å². The molecule has 0 saturated carbocycles. The van der Waals surface area contributed by atoms with Crippen LogP contribution in [0.3, 0.4) is 0 Å². The second kappa shape index (κ2) is 8.35. The topological polar surface area (TPSA) is 26.8 Å². The molecule has 0 N–H and O–H groups in total. The van der Waals surface area contributed by atoms with Crippen LogP contribution in [0.1, 0.15) is 45.2 Å². The zero-order valence-corrected chi connectivity index (χ0v) is 17.8. The third-order valence-electron chi connectivity index (χ3n) is 5.99. The van der Waals surface area contributed by atoms with E-state index in [1.807, 2.05) is 4.90 Å². The molecule has 0 radical (unpaired) electrons. The molecule has 2 heterocycles. The molecule has 4 nitrogen and oxygen atoms in total. The first-order chi connectivity index (χ1) is 12.0. The minimum absolute atomic E-state index is 0.225. The van der Waals surface area contributed by atoms with Gasteiger partial charge in [-0.05, 0) is 67.0 Å². The van der Waals surface area contributed by atoms with Gasteiger partial charge in [0.15, 0.2) is 0 Å². The van der Waals surface area contributed by atoms with Gasteiger partial charge in [0.05, 0.1) is 0 Å². The summed E-state index contributed by atoms with van der Waals surface area (Å²) in [5.74, 6) is 0.225. The molecule has 2 fully saturated rings. The second-order valence-corrected chi connectivity index (χ2v) is 8.79. The number of carbonyl (C=O) groups is 1. The van der Waals surface area contributed by atoms with Crippen molar-refractivity contribution in [3.8, 4) is 0 Å². The molecule has 0 bridgehead atoms. The maximum atomic E-state index is 11.5. The van der Waals surface area contributed by atoms with Crippen LogP contribution < -0.4 is 0 Å². The van der Waals surface area contributed by atoms with E-state index in [1.54, 1.807) is 6.92 Å². The third-order valence-corrected chi connectivity index (χ3v) is 6.71. The molecule has 3 rings (SSSR count). The van der Waals surface area contributed by atoms with E-state index in [-0.39, 0.29) is 5.91 Å². The molecular formula is C20H30IN3O. The summed E-state index contributed by atoms with van der Waals surface area (Å²) in [4.78, 5) is 18.8. The van der Waals surface area contributed by atoms with E-state index in [9.17, 15) is 4.79 Å². The van der Waals surface area contributed by atoms with Gasteiger partial charge in [0.2, 0.25) is 5.91 Å². The molecule has 1 amide bonds. The number of benzene rings is 1. The number of likely N-dealkylation sites (tertiary alicyclic amines) is 1. The van der Waals surface area contributed by atoms with Gasteiger partial charge in [-0.15, -0.1) is 0 Å². The van der Waals surface area contributed by atoms with Crippen molar-refractivity contribution in [2.24, 2.45) is 0 Å². The number of piperidine rings is 1. The van der Waals surface area contributed by atoms with Crippen molar-refractivity contribution in [1.82, 2.24) is 14.7 Å². The predicted octanol–water partition coefficient (Wildman–Crippen LogP) is 3.37. The number of halogens is 1. The van der Waals surface area contributed by atoms with Crippen molar-refractivity contribution in [2.45, 2.75) is 51.7 Å².